The zero-order valence-corrected chi connectivity index (χ0v) is 15.3. The van der Waals surface area contributed by atoms with Crippen molar-refractivity contribution < 1.29 is 17.9 Å². The second-order valence-corrected chi connectivity index (χ2v) is 6.62. The van der Waals surface area contributed by atoms with E-state index < -0.39 is 12.8 Å². The summed E-state index contributed by atoms with van der Waals surface area (Å²) in [5, 5.41) is 3.22. The fourth-order valence-corrected chi connectivity index (χ4v) is 3.19. The van der Waals surface area contributed by atoms with Crippen LogP contribution in [0, 0.1) is 5.92 Å². The van der Waals surface area contributed by atoms with Gasteiger partial charge in [-0.1, -0.05) is 30.3 Å². The van der Waals surface area contributed by atoms with Crippen molar-refractivity contribution >= 4 is 5.96 Å². The average molecular weight is 371 g/mol. The lowest BCUT2D eigenvalue weighted by Crippen LogP contribution is -2.46. The second kappa shape index (κ2) is 10.4. The van der Waals surface area contributed by atoms with Crippen LogP contribution < -0.4 is 5.32 Å². The summed E-state index contributed by atoms with van der Waals surface area (Å²) in [4.78, 5) is 6.51. The number of likely N-dealkylation sites (tertiary alicyclic amines) is 1. The summed E-state index contributed by atoms with van der Waals surface area (Å²) in [5.41, 5.74) is 1.38. The van der Waals surface area contributed by atoms with E-state index in [1.165, 1.54) is 5.56 Å². The Labute approximate surface area is 153 Å². The van der Waals surface area contributed by atoms with Crippen LogP contribution >= 0.6 is 0 Å². The molecule has 1 N–H and O–H groups in total. The molecule has 0 aromatic heterocycles. The zero-order chi connectivity index (χ0) is 18.8. The van der Waals surface area contributed by atoms with Crippen LogP contribution in [-0.4, -0.2) is 56.9 Å². The van der Waals surface area contributed by atoms with E-state index in [1.807, 2.05) is 6.07 Å². The molecule has 146 valence electrons. The van der Waals surface area contributed by atoms with E-state index >= 15 is 0 Å². The highest BCUT2D eigenvalue weighted by Crippen LogP contribution is 2.21. The SMILES string of the molecule is CN=C(NCCCOCC(F)(F)F)N1CCC(Cc2ccccc2)CC1. The number of benzene rings is 1. The summed E-state index contributed by atoms with van der Waals surface area (Å²) in [6, 6.07) is 10.5. The molecule has 1 saturated heterocycles. The van der Waals surface area contributed by atoms with Crippen LogP contribution in [0.2, 0.25) is 0 Å². The van der Waals surface area contributed by atoms with Gasteiger partial charge in [0.25, 0.3) is 0 Å². The number of nitrogens with one attached hydrogen (secondary N) is 1. The van der Waals surface area contributed by atoms with Crippen LogP contribution in [-0.2, 0) is 11.2 Å². The molecule has 1 aliphatic heterocycles. The van der Waals surface area contributed by atoms with Gasteiger partial charge in [0.15, 0.2) is 5.96 Å². The average Bonchev–Trinajstić information content (AvgIpc) is 2.62. The highest BCUT2D eigenvalue weighted by Gasteiger charge is 2.27. The minimum absolute atomic E-state index is 0.0860. The summed E-state index contributed by atoms with van der Waals surface area (Å²) >= 11 is 0. The summed E-state index contributed by atoms with van der Waals surface area (Å²) in [6.45, 7) is 1.34. The predicted octanol–water partition coefficient (Wildman–Crippen LogP) is 3.49. The van der Waals surface area contributed by atoms with E-state index in [-0.39, 0.29) is 6.61 Å². The van der Waals surface area contributed by atoms with Crippen molar-refractivity contribution in [1.82, 2.24) is 10.2 Å². The van der Waals surface area contributed by atoms with Crippen LogP contribution in [0.5, 0.6) is 0 Å². The lowest BCUT2D eigenvalue weighted by molar-refractivity contribution is -0.173. The van der Waals surface area contributed by atoms with E-state index in [1.54, 1.807) is 7.05 Å². The molecule has 7 heteroatoms. The molecule has 4 nitrogen and oxygen atoms in total. The third kappa shape index (κ3) is 7.64. The summed E-state index contributed by atoms with van der Waals surface area (Å²) in [7, 11) is 1.73. The van der Waals surface area contributed by atoms with Gasteiger partial charge in [0.1, 0.15) is 6.61 Å². The van der Waals surface area contributed by atoms with Gasteiger partial charge in [0.2, 0.25) is 0 Å². The number of halogens is 3. The first-order valence-corrected chi connectivity index (χ1v) is 9.12. The van der Waals surface area contributed by atoms with Gasteiger partial charge in [0.05, 0.1) is 0 Å². The van der Waals surface area contributed by atoms with Crippen molar-refractivity contribution in [2.75, 3.05) is 39.9 Å². The molecule has 26 heavy (non-hydrogen) atoms. The third-order valence-corrected chi connectivity index (χ3v) is 4.51. The molecular formula is C19H28F3N3O. The number of piperidine rings is 1. The lowest BCUT2D eigenvalue weighted by atomic mass is 9.90. The van der Waals surface area contributed by atoms with Crippen LogP contribution in [0.1, 0.15) is 24.8 Å². The van der Waals surface area contributed by atoms with E-state index in [9.17, 15) is 13.2 Å². The van der Waals surface area contributed by atoms with E-state index in [0.717, 1.165) is 38.3 Å². The molecule has 1 aromatic rings. The van der Waals surface area contributed by atoms with Crippen molar-refractivity contribution in [3.63, 3.8) is 0 Å². The summed E-state index contributed by atoms with van der Waals surface area (Å²) < 4.78 is 40.6. The predicted molar refractivity (Wildman–Crippen MR) is 97.3 cm³/mol. The maximum Gasteiger partial charge on any atom is 0.411 e. The molecule has 1 heterocycles. The smallest absolute Gasteiger partial charge is 0.372 e. The Morgan fingerprint density at radius 2 is 1.92 bits per heavy atom. The van der Waals surface area contributed by atoms with E-state index in [0.29, 0.717) is 18.9 Å². The highest BCUT2D eigenvalue weighted by atomic mass is 19.4. The van der Waals surface area contributed by atoms with Crippen molar-refractivity contribution in [2.24, 2.45) is 10.9 Å². The molecule has 1 fully saturated rings. The van der Waals surface area contributed by atoms with Crippen LogP contribution in [0.15, 0.2) is 35.3 Å². The summed E-state index contributed by atoms with van der Waals surface area (Å²) in [5.74, 6) is 1.50. The molecule has 1 aliphatic rings. The minimum Gasteiger partial charge on any atom is -0.372 e. The quantitative estimate of drug-likeness (QED) is 0.453. The maximum atomic E-state index is 12.0. The Morgan fingerprint density at radius 3 is 2.54 bits per heavy atom. The fraction of sp³-hybridized carbons (Fsp3) is 0.632. The number of ether oxygens (including phenoxy) is 1. The number of guanidine groups is 1. The number of aliphatic imine (C=N–C) groups is 1. The zero-order valence-electron chi connectivity index (χ0n) is 15.3. The molecule has 0 atom stereocenters. The number of hydrogen-bond acceptors (Lipinski definition) is 2. The maximum absolute atomic E-state index is 12.0. The molecule has 2 rings (SSSR count). The second-order valence-electron chi connectivity index (χ2n) is 6.62. The number of nitrogens with zero attached hydrogens (tertiary/aromatic N) is 2. The molecule has 0 saturated carbocycles. The van der Waals surface area contributed by atoms with Gasteiger partial charge in [-0.15, -0.1) is 0 Å². The Morgan fingerprint density at radius 1 is 1.23 bits per heavy atom. The molecule has 1 aromatic carbocycles. The van der Waals surface area contributed by atoms with Crippen LogP contribution in [0.4, 0.5) is 13.2 Å². The topological polar surface area (TPSA) is 36.9 Å². The first-order valence-electron chi connectivity index (χ1n) is 9.12. The number of alkyl halides is 3. The van der Waals surface area contributed by atoms with Gasteiger partial charge in [0, 0.05) is 33.3 Å². The number of hydrogen-bond donors (Lipinski definition) is 1. The van der Waals surface area contributed by atoms with Crippen molar-refractivity contribution in [3.05, 3.63) is 35.9 Å². The van der Waals surface area contributed by atoms with E-state index in [2.05, 4.69) is 44.2 Å². The molecule has 0 amide bonds. The standard InChI is InChI=1S/C19H28F3N3O/c1-23-18(24-10-5-13-26-15-19(20,21)22)25-11-8-17(9-12-25)14-16-6-3-2-4-7-16/h2-4,6-7,17H,5,8-15H2,1H3,(H,23,24). The Bertz CT molecular complexity index is 541. The van der Waals surface area contributed by atoms with Crippen LogP contribution in [0.3, 0.4) is 0 Å². The van der Waals surface area contributed by atoms with Gasteiger partial charge in [-0.05, 0) is 37.2 Å². The van der Waals surface area contributed by atoms with Gasteiger partial charge in [-0.2, -0.15) is 13.2 Å². The van der Waals surface area contributed by atoms with Gasteiger partial charge < -0.3 is 15.0 Å². The first kappa shape index (κ1) is 20.6. The van der Waals surface area contributed by atoms with Gasteiger partial charge in [-0.3, -0.25) is 4.99 Å². The fourth-order valence-electron chi connectivity index (χ4n) is 3.19. The van der Waals surface area contributed by atoms with Gasteiger partial charge in [-0.25, -0.2) is 0 Å². The van der Waals surface area contributed by atoms with E-state index in [4.69, 9.17) is 0 Å². The summed E-state index contributed by atoms with van der Waals surface area (Å²) in [6.07, 6.45) is -0.404. The van der Waals surface area contributed by atoms with Crippen molar-refractivity contribution in [1.29, 1.82) is 0 Å². The van der Waals surface area contributed by atoms with Crippen LogP contribution in [0.25, 0.3) is 0 Å². The monoisotopic (exact) mass is 371 g/mol. The van der Waals surface area contributed by atoms with Gasteiger partial charge >= 0.3 is 6.18 Å². The highest BCUT2D eigenvalue weighted by molar-refractivity contribution is 5.79. The third-order valence-electron chi connectivity index (χ3n) is 4.51. The Hall–Kier alpha value is -1.76. The molecule has 0 aliphatic carbocycles. The molecule has 0 radical (unpaired) electrons. The molecule has 0 spiro atoms. The Kier molecular flexibility index (Phi) is 8.22. The molecule has 0 bridgehead atoms. The first-order chi connectivity index (χ1) is 12.5. The van der Waals surface area contributed by atoms with Crippen molar-refractivity contribution in [3.8, 4) is 0 Å². The van der Waals surface area contributed by atoms with Crippen molar-refractivity contribution in [2.45, 2.75) is 31.9 Å². The minimum atomic E-state index is -4.26. The lowest BCUT2D eigenvalue weighted by Gasteiger charge is -2.34. The molecular weight excluding hydrogens is 343 g/mol. The number of rotatable bonds is 7. The normalized spacial score (nSPS) is 16.8. The Balaban J connectivity index is 1.63. The molecule has 0 unspecified atom stereocenters. The largest absolute Gasteiger partial charge is 0.411 e.